The Morgan fingerprint density at radius 3 is 2.47 bits per heavy atom. The van der Waals surface area contributed by atoms with Crippen LogP contribution < -0.4 is 4.90 Å². The maximum Gasteiger partial charge on any atom is 0.106 e. The van der Waals surface area contributed by atoms with Gasteiger partial charge in [0.25, 0.3) is 0 Å². The summed E-state index contributed by atoms with van der Waals surface area (Å²) in [5, 5.41) is 0. The molecule has 0 fully saturated rings. The summed E-state index contributed by atoms with van der Waals surface area (Å²) in [4.78, 5) is 2.27. The van der Waals surface area contributed by atoms with Gasteiger partial charge < -0.3 is 4.90 Å². The number of fused-ring (bicyclic) bond motifs is 1. The second-order valence-electron chi connectivity index (χ2n) is 4.42. The molecule has 0 bridgehead atoms. The molecule has 1 nitrogen and oxygen atoms in total. The van der Waals surface area contributed by atoms with Gasteiger partial charge in [-0.1, -0.05) is 42.5 Å². The van der Waals surface area contributed by atoms with Crippen LogP contribution in [-0.4, -0.2) is 14.4 Å². The van der Waals surface area contributed by atoms with Crippen LogP contribution in [0.25, 0.3) is 0 Å². The predicted octanol–water partition coefficient (Wildman–Crippen LogP) is 2.92. The lowest BCUT2D eigenvalue weighted by atomic mass is 9.80. The van der Waals surface area contributed by atoms with E-state index < -0.39 is 0 Å². The van der Waals surface area contributed by atoms with Crippen LogP contribution in [0.1, 0.15) is 17.1 Å². The van der Waals surface area contributed by atoms with E-state index >= 15 is 0 Å². The van der Waals surface area contributed by atoms with Crippen LogP contribution in [-0.2, 0) is 6.42 Å². The second kappa shape index (κ2) is 4.29. The molecule has 3 rings (SSSR count). The maximum atomic E-state index is 6.35. The summed E-state index contributed by atoms with van der Waals surface area (Å²) < 4.78 is 0. The molecular weight excluding hydrogens is 205 g/mol. The second-order valence-corrected chi connectivity index (χ2v) is 4.42. The molecule has 2 aromatic rings. The normalized spacial score (nSPS) is 18.8. The van der Waals surface area contributed by atoms with Crippen LogP contribution in [0, 0.1) is 0 Å². The summed E-state index contributed by atoms with van der Waals surface area (Å²) in [6, 6.07) is 18.9. The number of para-hydroxylation sites is 1. The van der Waals surface area contributed by atoms with Crippen molar-refractivity contribution in [3.05, 3.63) is 65.7 Å². The highest BCUT2D eigenvalue weighted by atomic mass is 15.2. The molecule has 1 unspecified atom stereocenters. The summed E-state index contributed by atoms with van der Waals surface area (Å²) >= 11 is 0. The van der Waals surface area contributed by atoms with Crippen molar-refractivity contribution in [3.63, 3.8) is 0 Å². The molecule has 1 aliphatic heterocycles. The Balaban J connectivity index is 1.97. The lowest BCUT2D eigenvalue weighted by Crippen LogP contribution is -2.35. The highest BCUT2D eigenvalue weighted by Gasteiger charge is 2.22. The van der Waals surface area contributed by atoms with Crippen molar-refractivity contribution in [2.45, 2.75) is 12.4 Å². The summed E-state index contributed by atoms with van der Waals surface area (Å²) in [6.45, 7) is 0.988. The Hall–Kier alpha value is -1.70. The zero-order valence-electron chi connectivity index (χ0n) is 9.71. The number of rotatable bonds is 1. The number of hydrogen-bond acceptors (Lipinski definition) is 1. The minimum Gasteiger partial charge on any atom is -0.373 e. The molecule has 1 atom stereocenters. The van der Waals surface area contributed by atoms with E-state index in [9.17, 15) is 0 Å². The topological polar surface area (TPSA) is 3.24 Å². The molecule has 0 amide bonds. The van der Waals surface area contributed by atoms with Gasteiger partial charge in [0.05, 0.1) is 0 Å². The molecule has 1 aliphatic rings. The average Bonchev–Trinajstić information content (AvgIpc) is 2.40. The van der Waals surface area contributed by atoms with Crippen LogP contribution in [0.4, 0.5) is 5.69 Å². The van der Waals surface area contributed by atoms with Crippen molar-refractivity contribution >= 4 is 13.5 Å². The first-order valence-corrected chi connectivity index (χ1v) is 6.01. The third-order valence-corrected chi connectivity index (χ3v) is 3.42. The molecule has 2 aromatic carbocycles. The molecule has 1 heterocycles. The minimum absolute atomic E-state index is 0.0256. The van der Waals surface area contributed by atoms with Gasteiger partial charge in [-0.2, -0.15) is 0 Å². The lowest BCUT2D eigenvalue weighted by Gasteiger charge is -2.37. The van der Waals surface area contributed by atoms with E-state index in [4.69, 9.17) is 7.85 Å². The molecule has 0 aromatic heterocycles. The van der Waals surface area contributed by atoms with E-state index in [0.717, 1.165) is 13.0 Å². The fourth-order valence-electron chi connectivity index (χ4n) is 2.51. The quantitative estimate of drug-likeness (QED) is 0.666. The molecule has 0 aliphatic carbocycles. The first-order chi connectivity index (χ1) is 8.36. The van der Waals surface area contributed by atoms with Gasteiger partial charge in [-0.25, -0.2) is 0 Å². The first kappa shape index (κ1) is 10.5. The zero-order chi connectivity index (χ0) is 11.7. The van der Waals surface area contributed by atoms with Crippen LogP contribution in [0.3, 0.4) is 0 Å². The van der Waals surface area contributed by atoms with E-state index in [1.807, 2.05) is 6.07 Å². The standard InChI is InChI=1S/C15H14BN/c16-15-14-9-5-4-6-12(14)10-11-17(15)13-7-2-1-3-8-13/h1-9,15H,10-11H2. The molecule has 17 heavy (non-hydrogen) atoms. The van der Waals surface area contributed by atoms with E-state index in [1.165, 1.54) is 16.8 Å². The highest BCUT2D eigenvalue weighted by molar-refractivity contribution is 6.14. The summed E-state index contributed by atoms with van der Waals surface area (Å²) in [5.41, 5.74) is 3.84. The van der Waals surface area contributed by atoms with Gasteiger partial charge in [-0.3, -0.25) is 0 Å². The van der Waals surface area contributed by atoms with Gasteiger partial charge in [0.15, 0.2) is 0 Å². The van der Waals surface area contributed by atoms with Crippen molar-refractivity contribution in [2.24, 2.45) is 0 Å². The fraction of sp³-hybridized carbons (Fsp3) is 0.200. The van der Waals surface area contributed by atoms with Crippen molar-refractivity contribution in [1.29, 1.82) is 0 Å². The van der Waals surface area contributed by atoms with Gasteiger partial charge >= 0.3 is 0 Å². The fourth-order valence-corrected chi connectivity index (χ4v) is 2.51. The van der Waals surface area contributed by atoms with Gasteiger partial charge in [-0.15, -0.1) is 0 Å². The molecule has 2 radical (unpaired) electrons. The maximum absolute atomic E-state index is 6.35. The van der Waals surface area contributed by atoms with Crippen molar-refractivity contribution in [2.75, 3.05) is 11.4 Å². The summed E-state index contributed by atoms with van der Waals surface area (Å²) in [5.74, 6) is -0.0256. The van der Waals surface area contributed by atoms with Gasteiger partial charge in [0.2, 0.25) is 0 Å². The summed E-state index contributed by atoms with van der Waals surface area (Å²) in [6.07, 6.45) is 1.07. The largest absolute Gasteiger partial charge is 0.373 e. The number of hydrogen-bond donors (Lipinski definition) is 0. The van der Waals surface area contributed by atoms with Crippen molar-refractivity contribution in [1.82, 2.24) is 0 Å². The van der Waals surface area contributed by atoms with E-state index in [0.29, 0.717) is 0 Å². The predicted molar refractivity (Wildman–Crippen MR) is 72.4 cm³/mol. The van der Waals surface area contributed by atoms with Crippen molar-refractivity contribution < 1.29 is 0 Å². The summed E-state index contributed by atoms with van der Waals surface area (Å²) in [7, 11) is 6.35. The Morgan fingerprint density at radius 1 is 0.941 bits per heavy atom. The number of anilines is 1. The Morgan fingerprint density at radius 2 is 1.65 bits per heavy atom. The highest BCUT2D eigenvalue weighted by Crippen LogP contribution is 2.31. The molecule has 0 saturated carbocycles. The van der Waals surface area contributed by atoms with Crippen LogP contribution in [0.5, 0.6) is 0 Å². The molecule has 0 spiro atoms. The monoisotopic (exact) mass is 219 g/mol. The van der Waals surface area contributed by atoms with E-state index in [1.54, 1.807) is 0 Å². The zero-order valence-corrected chi connectivity index (χ0v) is 9.71. The lowest BCUT2D eigenvalue weighted by molar-refractivity contribution is 0.711. The third kappa shape index (κ3) is 1.84. The van der Waals surface area contributed by atoms with Crippen LogP contribution >= 0.6 is 0 Å². The van der Waals surface area contributed by atoms with Crippen LogP contribution in [0.15, 0.2) is 54.6 Å². The van der Waals surface area contributed by atoms with E-state index in [2.05, 4.69) is 53.4 Å². The molecule has 0 N–H and O–H groups in total. The van der Waals surface area contributed by atoms with Gasteiger partial charge in [0.1, 0.15) is 7.85 Å². The number of nitrogens with zero attached hydrogens (tertiary/aromatic N) is 1. The first-order valence-electron chi connectivity index (χ1n) is 6.01. The minimum atomic E-state index is -0.0256. The van der Waals surface area contributed by atoms with Gasteiger partial charge in [0, 0.05) is 18.2 Å². The SMILES string of the molecule is [B]C1c2ccccc2CCN1c1ccccc1. The van der Waals surface area contributed by atoms with Crippen LogP contribution in [0.2, 0.25) is 0 Å². The molecule has 2 heteroatoms. The number of benzene rings is 2. The smallest absolute Gasteiger partial charge is 0.106 e. The Bertz CT molecular complexity index is 509. The molecule has 0 saturated heterocycles. The molecular formula is C15H14BN. The van der Waals surface area contributed by atoms with Crippen molar-refractivity contribution in [3.8, 4) is 0 Å². The Kier molecular flexibility index (Phi) is 2.64. The average molecular weight is 219 g/mol. The third-order valence-electron chi connectivity index (χ3n) is 3.42. The Labute approximate surface area is 103 Å². The van der Waals surface area contributed by atoms with Gasteiger partial charge in [-0.05, 0) is 29.7 Å². The molecule has 82 valence electrons. The van der Waals surface area contributed by atoms with E-state index in [-0.39, 0.29) is 5.94 Å².